The van der Waals surface area contributed by atoms with Crippen LogP contribution >= 0.6 is 22.4 Å². The normalized spacial score (nSPS) is 11.7. The zero-order valence-corrected chi connectivity index (χ0v) is 12.4. The number of aromatic nitrogens is 1. The maximum absolute atomic E-state index is 10.9. The maximum atomic E-state index is 10.9. The van der Waals surface area contributed by atoms with Gasteiger partial charge in [0.05, 0.1) is 10.7 Å². The van der Waals surface area contributed by atoms with Gasteiger partial charge in [0.15, 0.2) is 0 Å². The van der Waals surface area contributed by atoms with Crippen molar-refractivity contribution in [3.8, 4) is 0 Å². The molecule has 0 bridgehead atoms. The van der Waals surface area contributed by atoms with E-state index in [2.05, 4.69) is 4.98 Å². The molecule has 0 fully saturated rings. The van der Waals surface area contributed by atoms with Gasteiger partial charge in [-0.1, -0.05) is 12.1 Å². The summed E-state index contributed by atoms with van der Waals surface area (Å²) in [5.74, 6) is 0.103. The van der Waals surface area contributed by atoms with Gasteiger partial charge in [0.2, 0.25) is 9.05 Å². The molecule has 106 valence electrons. The summed E-state index contributed by atoms with van der Waals surface area (Å²) in [5.41, 5.74) is 0.214. The number of halogens is 1. The molecule has 9 heteroatoms. The average molecular weight is 333 g/mol. The van der Waals surface area contributed by atoms with Crippen LogP contribution < -0.4 is 0 Å². The molecule has 1 heterocycles. The van der Waals surface area contributed by atoms with Gasteiger partial charge in [-0.25, -0.2) is 13.4 Å². The molecule has 0 aliphatic heterocycles. The summed E-state index contributed by atoms with van der Waals surface area (Å²) < 4.78 is 21.8. The Morgan fingerprint density at radius 3 is 2.75 bits per heavy atom. The Bertz CT molecular complexity index is 764. The topological polar surface area (TPSA) is 90.2 Å². The van der Waals surface area contributed by atoms with Crippen LogP contribution in [-0.4, -0.2) is 29.8 Å². The number of nitro groups is 1. The summed E-state index contributed by atoms with van der Waals surface area (Å²) in [5, 5.41) is 11.6. The molecule has 0 atom stereocenters. The van der Waals surface area contributed by atoms with Crippen LogP contribution in [0.3, 0.4) is 0 Å². The molecule has 0 saturated heterocycles. The molecule has 1 aromatic carbocycles. The van der Waals surface area contributed by atoms with Crippen molar-refractivity contribution in [1.82, 2.24) is 4.98 Å². The molecule has 0 saturated carbocycles. The molecular formula is C11H9ClN2O4S2. The molecule has 0 aliphatic rings. The van der Waals surface area contributed by atoms with Crippen molar-refractivity contribution in [2.24, 2.45) is 0 Å². The van der Waals surface area contributed by atoms with Gasteiger partial charge < -0.3 is 0 Å². The number of non-ortho nitro benzene ring substituents is 1. The Morgan fingerprint density at radius 2 is 2.10 bits per heavy atom. The second kappa shape index (κ2) is 5.94. The Hall–Kier alpha value is -1.38. The summed E-state index contributed by atoms with van der Waals surface area (Å²) in [6, 6.07) is 6.36. The van der Waals surface area contributed by atoms with Gasteiger partial charge in [0.25, 0.3) is 5.69 Å². The summed E-state index contributed by atoms with van der Waals surface area (Å²) >= 11 is 1.27. The number of benzene rings is 1. The smallest absolute Gasteiger partial charge is 0.258 e. The van der Waals surface area contributed by atoms with Crippen LogP contribution in [0.25, 0.3) is 10.9 Å². The lowest BCUT2D eigenvalue weighted by atomic mass is 10.2. The van der Waals surface area contributed by atoms with Crippen molar-refractivity contribution < 1.29 is 13.3 Å². The number of nitro benzene ring substituents is 1. The Labute approximate surface area is 123 Å². The molecule has 0 aliphatic carbocycles. The van der Waals surface area contributed by atoms with Crippen LogP contribution in [0.5, 0.6) is 0 Å². The minimum Gasteiger partial charge on any atom is -0.258 e. The van der Waals surface area contributed by atoms with Crippen molar-refractivity contribution in [1.29, 1.82) is 0 Å². The fourth-order valence-electron chi connectivity index (χ4n) is 1.66. The molecule has 2 aromatic rings. The highest BCUT2D eigenvalue weighted by atomic mass is 35.7. The first-order valence-corrected chi connectivity index (χ1v) is 8.92. The monoisotopic (exact) mass is 332 g/mol. The lowest BCUT2D eigenvalue weighted by Crippen LogP contribution is -1.99. The minimum absolute atomic E-state index is 0.0742. The molecule has 0 N–H and O–H groups in total. The fraction of sp³-hybridized carbons (Fsp3) is 0.182. The zero-order valence-electron chi connectivity index (χ0n) is 10.0. The molecule has 0 radical (unpaired) electrons. The lowest BCUT2D eigenvalue weighted by Gasteiger charge is -2.05. The lowest BCUT2D eigenvalue weighted by molar-refractivity contribution is -0.383. The number of hydrogen-bond acceptors (Lipinski definition) is 6. The first kappa shape index (κ1) is 15.0. The van der Waals surface area contributed by atoms with Gasteiger partial charge in [-0.05, 0) is 6.07 Å². The number of hydrogen-bond donors (Lipinski definition) is 0. The van der Waals surface area contributed by atoms with Crippen LogP contribution in [0.1, 0.15) is 0 Å². The Kier molecular flexibility index (Phi) is 4.46. The van der Waals surface area contributed by atoms with E-state index in [4.69, 9.17) is 10.7 Å². The minimum atomic E-state index is -3.54. The third-order valence-corrected chi connectivity index (χ3v) is 4.98. The molecule has 0 spiro atoms. The quantitative estimate of drug-likeness (QED) is 0.362. The van der Waals surface area contributed by atoms with E-state index >= 15 is 0 Å². The number of rotatable bonds is 5. The van der Waals surface area contributed by atoms with Crippen molar-refractivity contribution in [3.05, 3.63) is 40.6 Å². The van der Waals surface area contributed by atoms with Crippen molar-refractivity contribution in [2.75, 3.05) is 11.5 Å². The van der Waals surface area contributed by atoms with Crippen molar-refractivity contribution in [3.63, 3.8) is 0 Å². The fourth-order valence-corrected chi connectivity index (χ4v) is 4.05. The van der Waals surface area contributed by atoms with Crippen LogP contribution in [-0.2, 0) is 9.05 Å². The van der Waals surface area contributed by atoms with Crippen LogP contribution in [0.4, 0.5) is 5.69 Å². The van der Waals surface area contributed by atoms with Crippen LogP contribution in [0, 0.1) is 10.1 Å². The predicted octanol–water partition coefficient (Wildman–Crippen LogP) is 2.80. The van der Waals surface area contributed by atoms with E-state index in [1.54, 1.807) is 18.2 Å². The summed E-state index contributed by atoms with van der Waals surface area (Å²) in [4.78, 5) is 15.2. The third kappa shape index (κ3) is 3.59. The van der Waals surface area contributed by atoms with Gasteiger partial charge in [-0.15, -0.1) is 11.8 Å². The SMILES string of the molecule is O=[N+]([O-])c1cccc2c(SCCS(=O)(=O)Cl)ccnc12. The van der Waals surface area contributed by atoms with Gasteiger partial charge in [0, 0.05) is 39.0 Å². The average Bonchev–Trinajstić information content (AvgIpc) is 2.36. The van der Waals surface area contributed by atoms with E-state index in [-0.39, 0.29) is 22.7 Å². The van der Waals surface area contributed by atoms with Gasteiger partial charge in [-0.3, -0.25) is 10.1 Å². The summed E-state index contributed by atoms with van der Waals surface area (Å²) in [7, 11) is 1.60. The first-order chi connectivity index (χ1) is 9.38. The predicted molar refractivity (Wildman–Crippen MR) is 78.8 cm³/mol. The highest BCUT2D eigenvalue weighted by Crippen LogP contribution is 2.31. The molecule has 1 aromatic heterocycles. The number of fused-ring (bicyclic) bond motifs is 1. The van der Waals surface area contributed by atoms with E-state index in [1.165, 1.54) is 24.0 Å². The maximum Gasteiger partial charge on any atom is 0.295 e. The first-order valence-electron chi connectivity index (χ1n) is 5.46. The summed E-state index contributed by atoms with van der Waals surface area (Å²) in [6.07, 6.45) is 1.47. The molecule has 6 nitrogen and oxygen atoms in total. The highest BCUT2D eigenvalue weighted by Gasteiger charge is 2.15. The molecule has 20 heavy (non-hydrogen) atoms. The van der Waals surface area contributed by atoms with E-state index in [0.717, 1.165) is 4.90 Å². The number of pyridine rings is 1. The highest BCUT2D eigenvalue weighted by molar-refractivity contribution is 8.14. The molecule has 0 unspecified atom stereocenters. The van der Waals surface area contributed by atoms with E-state index < -0.39 is 14.0 Å². The molecule has 0 amide bonds. The van der Waals surface area contributed by atoms with E-state index in [1.807, 2.05) is 0 Å². The second-order valence-electron chi connectivity index (χ2n) is 3.83. The summed E-state index contributed by atoms with van der Waals surface area (Å²) in [6.45, 7) is 0. The van der Waals surface area contributed by atoms with Crippen LogP contribution in [0.2, 0.25) is 0 Å². The van der Waals surface area contributed by atoms with Gasteiger partial charge in [-0.2, -0.15) is 0 Å². The Morgan fingerprint density at radius 1 is 1.35 bits per heavy atom. The second-order valence-corrected chi connectivity index (χ2v) is 7.86. The third-order valence-electron chi connectivity index (χ3n) is 2.49. The zero-order chi connectivity index (χ0) is 14.8. The largest absolute Gasteiger partial charge is 0.295 e. The number of thioether (sulfide) groups is 1. The van der Waals surface area contributed by atoms with E-state index in [9.17, 15) is 18.5 Å². The van der Waals surface area contributed by atoms with Crippen molar-refractivity contribution >= 4 is 48.1 Å². The molecule has 2 rings (SSSR count). The number of para-hydroxylation sites is 1. The van der Waals surface area contributed by atoms with Gasteiger partial charge in [0.1, 0.15) is 5.52 Å². The Balaban J connectivity index is 2.35. The standard InChI is InChI=1S/C11H9ClN2O4S2/c12-20(17,18)7-6-19-10-4-5-13-11-8(10)2-1-3-9(11)14(15)16/h1-5H,6-7H2. The van der Waals surface area contributed by atoms with Gasteiger partial charge >= 0.3 is 0 Å². The van der Waals surface area contributed by atoms with Crippen LogP contribution in [0.15, 0.2) is 35.4 Å². The van der Waals surface area contributed by atoms with E-state index in [0.29, 0.717) is 5.39 Å². The molecular weight excluding hydrogens is 324 g/mol. The van der Waals surface area contributed by atoms with Crippen molar-refractivity contribution in [2.45, 2.75) is 4.90 Å². The number of nitrogens with zero attached hydrogens (tertiary/aromatic N) is 2.